The quantitative estimate of drug-likeness (QED) is 0.716. The summed E-state index contributed by atoms with van der Waals surface area (Å²) in [7, 11) is -3.55. The molecule has 1 aliphatic rings. The molecule has 118 valence electrons. The second-order valence-corrected chi connectivity index (χ2v) is 8.87. The minimum absolute atomic E-state index is 0.0950. The van der Waals surface area contributed by atoms with Crippen molar-refractivity contribution < 1.29 is 13.5 Å². The van der Waals surface area contributed by atoms with Crippen molar-refractivity contribution in [2.75, 3.05) is 6.54 Å². The third kappa shape index (κ3) is 4.64. The summed E-state index contributed by atoms with van der Waals surface area (Å²) in [4.78, 5) is 0.244. The molecule has 1 aliphatic carbocycles. The SMILES string of the molecule is CCC1CCC(O)(CNS(=O)(=O)c2ccc(I)cc2)CC1. The van der Waals surface area contributed by atoms with E-state index in [2.05, 4.69) is 34.2 Å². The normalized spacial score (nSPS) is 26.7. The minimum Gasteiger partial charge on any atom is -0.389 e. The van der Waals surface area contributed by atoms with E-state index in [9.17, 15) is 13.5 Å². The number of nitrogens with one attached hydrogen (secondary N) is 1. The van der Waals surface area contributed by atoms with Crippen LogP contribution in [0, 0.1) is 9.49 Å². The van der Waals surface area contributed by atoms with Gasteiger partial charge < -0.3 is 5.11 Å². The van der Waals surface area contributed by atoms with Crippen LogP contribution in [0.5, 0.6) is 0 Å². The van der Waals surface area contributed by atoms with Crippen LogP contribution < -0.4 is 4.72 Å². The lowest BCUT2D eigenvalue weighted by molar-refractivity contribution is -0.00442. The van der Waals surface area contributed by atoms with Crippen molar-refractivity contribution in [2.45, 2.75) is 49.5 Å². The van der Waals surface area contributed by atoms with Gasteiger partial charge in [0.2, 0.25) is 10.0 Å². The third-order valence-electron chi connectivity index (χ3n) is 4.33. The fourth-order valence-corrected chi connectivity index (χ4v) is 4.21. The molecular weight excluding hydrogens is 401 g/mol. The Labute approximate surface area is 140 Å². The van der Waals surface area contributed by atoms with Crippen LogP contribution in [0.15, 0.2) is 29.2 Å². The summed E-state index contributed by atoms with van der Waals surface area (Å²) in [5.41, 5.74) is -0.901. The Kier molecular flexibility index (Phi) is 5.67. The number of halogens is 1. The average molecular weight is 423 g/mol. The van der Waals surface area contributed by atoms with Gasteiger partial charge in [-0.3, -0.25) is 0 Å². The van der Waals surface area contributed by atoms with Crippen molar-refractivity contribution in [3.8, 4) is 0 Å². The first-order chi connectivity index (χ1) is 9.85. The van der Waals surface area contributed by atoms with E-state index < -0.39 is 15.6 Å². The molecule has 2 rings (SSSR count). The van der Waals surface area contributed by atoms with Gasteiger partial charge in [0.1, 0.15) is 0 Å². The first kappa shape index (κ1) is 17.2. The smallest absolute Gasteiger partial charge is 0.240 e. The molecule has 0 heterocycles. The molecule has 0 radical (unpaired) electrons. The Hall–Kier alpha value is -0.180. The standard InChI is InChI=1S/C15H22INO3S/c1-2-12-7-9-15(18,10-8-12)11-17-21(19,20)14-5-3-13(16)4-6-14/h3-6,12,17-18H,2,7-11H2,1H3. The molecule has 0 atom stereocenters. The van der Waals surface area contributed by atoms with Gasteiger partial charge in [-0.25, -0.2) is 13.1 Å². The second-order valence-electron chi connectivity index (χ2n) is 5.85. The summed E-state index contributed by atoms with van der Waals surface area (Å²) in [6.45, 7) is 2.26. The summed E-state index contributed by atoms with van der Waals surface area (Å²) >= 11 is 2.13. The van der Waals surface area contributed by atoms with Gasteiger partial charge >= 0.3 is 0 Å². The highest BCUT2D eigenvalue weighted by molar-refractivity contribution is 14.1. The van der Waals surface area contributed by atoms with Crippen molar-refractivity contribution in [1.29, 1.82) is 0 Å². The topological polar surface area (TPSA) is 66.4 Å². The van der Waals surface area contributed by atoms with Crippen molar-refractivity contribution >= 4 is 32.6 Å². The van der Waals surface area contributed by atoms with Crippen LogP contribution in [0.2, 0.25) is 0 Å². The summed E-state index contributed by atoms with van der Waals surface area (Å²) < 4.78 is 28.0. The Morgan fingerprint density at radius 1 is 1.29 bits per heavy atom. The lowest BCUT2D eigenvalue weighted by Crippen LogP contribution is -2.45. The Balaban J connectivity index is 1.97. The van der Waals surface area contributed by atoms with E-state index in [0.717, 1.165) is 22.8 Å². The molecule has 0 unspecified atom stereocenters. The number of rotatable bonds is 5. The molecule has 0 spiro atoms. The Morgan fingerprint density at radius 2 is 1.86 bits per heavy atom. The van der Waals surface area contributed by atoms with Crippen molar-refractivity contribution in [1.82, 2.24) is 4.72 Å². The molecule has 0 aromatic heterocycles. The zero-order chi connectivity index (χ0) is 15.5. The molecule has 21 heavy (non-hydrogen) atoms. The first-order valence-electron chi connectivity index (χ1n) is 7.32. The maximum absolute atomic E-state index is 12.2. The van der Waals surface area contributed by atoms with Crippen LogP contribution in [0.4, 0.5) is 0 Å². The fraction of sp³-hybridized carbons (Fsp3) is 0.600. The molecule has 2 N–H and O–H groups in total. The first-order valence-corrected chi connectivity index (χ1v) is 9.88. The predicted molar refractivity (Wildman–Crippen MR) is 91.5 cm³/mol. The largest absolute Gasteiger partial charge is 0.389 e. The van der Waals surface area contributed by atoms with Gasteiger partial charge in [0.15, 0.2) is 0 Å². The maximum Gasteiger partial charge on any atom is 0.240 e. The van der Waals surface area contributed by atoms with E-state index in [1.54, 1.807) is 24.3 Å². The molecule has 0 aliphatic heterocycles. The molecular formula is C15H22INO3S. The van der Waals surface area contributed by atoms with Gasteiger partial charge in [-0.2, -0.15) is 0 Å². The van der Waals surface area contributed by atoms with Crippen molar-refractivity contribution in [3.63, 3.8) is 0 Å². The van der Waals surface area contributed by atoms with Crippen LogP contribution in [0.25, 0.3) is 0 Å². The monoisotopic (exact) mass is 423 g/mol. The number of hydrogen-bond acceptors (Lipinski definition) is 3. The number of aliphatic hydroxyl groups is 1. The zero-order valence-electron chi connectivity index (χ0n) is 12.2. The van der Waals surface area contributed by atoms with E-state index in [1.807, 2.05) is 0 Å². The maximum atomic E-state index is 12.2. The molecule has 4 nitrogen and oxygen atoms in total. The molecule has 0 bridgehead atoms. The van der Waals surface area contributed by atoms with E-state index in [-0.39, 0.29) is 11.4 Å². The van der Waals surface area contributed by atoms with Crippen LogP contribution >= 0.6 is 22.6 Å². The van der Waals surface area contributed by atoms with Crippen LogP contribution in [-0.2, 0) is 10.0 Å². The van der Waals surface area contributed by atoms with Gasteiger partial charge in [0, 0.05) is 10.1 Å². The number of sulfonamides is 1. The van der Waals surface area contributed by atoms with Crippen LogP contribution in [0.1, 0.15) is 39.0 Å². The fourth-order valence-electron chi connectivity index (χ4n) is 2.73. The lowest BCUT2D eigenvalue weighted by atomic mass is 9.78. The number of hydrogen-bond donors (Lipinski definition) is 2. The summed E-state index contributed by atoms with van der Waals surface area (Å²) in [6.07, 6.45) is 4.41. The van der Waals surface area contributed by atoms with E-state index in [1.165, 1.54) is 0 Å². The second kappa shape index (κ2) is 6.93. The van der Waals surface area contributed by atoms with E-state index in [0.29, 0.717) is 18.8 Å². The average Bonchev–Trinajstić information content (AvgIpc) is 2.47. The van der Waals surface area contributed by atoms with Gasteiger partial charge in [-0.15, -0.1) is 0 Å². The number of benzene rings is 1. The van der Waals surface area contributed by atoms with Gasteiger partial charge in [-0.05, 0) is 78.5 Å². The van der Waals surface area contributed by atoms with E-state index >= 15 is 0 Å². The van der Waals surface area contributed by atoms with Gasteiger partial charge in [0.05, 0.1) is 10.5 Å². The molecule has 1 saturated carbocycles. The molecule has 0 saturated heterocycles. The van der Waals surface area contributed by atoms with Crippen LogP contribution in [0.3, 0.4) is 0 Å². The minimum atomic E-state index is -3.55. The highest BCUT2D eigenvalue weighted by atomic mass is 127. The molecule has 6 heteroatoms. The van der Waals surface area contributed by atoms with Gasteiger partial charge in [-0.1, -0.05) is 13.3 Å². The molecule has 0 amide bonds. The summed E-state index contributed by atoms with van der Waals surface area (Å²) in [6, 6.07) is 6.69. The van der Waals surface area contributed by atoms with Crippen molar-refractivity contribution in [2.24, 2.45) is 5.92 Å². The lowest BCUT2D eigenvalue weighted by Gasteiger charge is -2.35. The predicted octanol–water partition coefficient (Wildman–Crippen LogP) is 2.90. The zero-order valence-corrected chi connectivity index (χ0v) is 15.2. The Morgan fingerprint density at radius 3 is 2.38 bits per heavy atom. The van der Waals surface area contributed by atoms with Gasteiger partial charge in [0.25, 0.3) is 0 Å². The highest BCUT2D eigenvalue weighted by Gasteiger charge is 2.33. The van der Waals surface area contributed by atoms with E-state index in [4.69, 9.17) is 0 Å². The summed E-state index contributed by atoms with van der Waals surface area (Å²) in [5.74, 6) is 0.665. The van der Waals surface area contributed by atoms with Crippen molar-refractivity contribution in [3.05, 3.63) is 27.8 Å². The molecule has 1 aromatic rings. The van der Waals surface area contributed by atoms with Crippen LogP contribution in [-0.4, -0.2) is 25.7 Å². The third-order valence-corrected chi connectivity index (χ3v) is 6.46. The molecule has 1 fully saturated rings. The highest BCUT2D eigenvalue weighted by Crippen LogP contribution is 2.33. The summed E-state index contributed by atoms with van der Waals surface area (Å²) in [5, 5.41) is 10.5. The molecule has 1 aromatic carbocycles. The Bertz CT molecular complexity index is 563.